The highest BCUT2D eigenvalue weighted by molar-refractivity contribution is 9.10. The van der Waals surface area contributed by atoms with Crippen molar-refractivity contribution < 1.29 is 0 Å². The van der Waals surface area contributed by atoms with E-state index in [-0.39, 0.29) is 0 Å². The van der Waals surface area contributed by atoms with Crippen molar-refractivity contribution >= 4 is 38.5 Å². The fraction of sp³-hybridized carbons (Fsp3) is 0.0909. The van der Waals surface area contributed by atoms with E-state index in [0.717, 1.165) is 32.3 Å². The van der Waals surface area contributed by atoms with Gasteiger partial charge in [-0.2, -0.15) is 0 Å². The number of hydrogen-bond acceptors (Lipinski definition) is 3. The monoisotopic (exact) mass is 403 g/mol. The third kappa shape index (κ3) is 3.20. The van der Waals surface area contributed by atoms with E-state index in [1.807, 2.05) is 30.3 Å². The van der Waals surface area contributed by atoms with Crippen molar-refractivity contribution in [1.82, 2.24) is 9.97 Å². The van der Waals surface area contributed by atoms with Gasteiger partial charge >= 0.3 is 0 Å². The molecule has 0 saturated carbocycles. The van der Waals surface area contributed by atoms with E-state index in [1.165, 1.54) is 11.1 Å². The van der Waals surface area contributed by atoms with Crippen LogP contribution in [0.25, 0.3) is 22.2 Å². The predicted molar refractivity (Wildman–Crippen MR) is 112 cm³/mol. The number of para-hydroxylation sites is 1. The van der Waals surface area contributed by atoms with Crippen LogP contribution in [0.3, 0.4) is 0 Å². The summed E-state index contributed by atoms with van der Waals surface area (Å²) in [6.45, 7) is 4.18. The van der Waals surface area contributed by atoms with Crippen LogP contribution in [0.5, 0.6) is 0 Å². The highest BCUT2D eigenvalue weighted by Gasteiger charge is 2.12. The summed E-state index contributed by atoms with van der Waals surface area (Å²) >= 11 is 3.56. The first-order valence-corrected chi connectivity index (χ1v) is 9.27. The van der Waals surface area contributed by atoms with Crippen LogP contribution in [0.15, 0.2) is 71.2 Å². The van der Waals surface area contributed by atoms with E-state index in [9.17, 15) is 0 Å². The summed E-state index contributed by atoms with van der Waals surface area (Å²) in [4.78, 5) is 9.58. The first-order valence-electron chi connectivity index (χ1n) is 8.48. The summed E-state index contributed by atoms with van der Waals surface area (Å²) in [5.41, 5.74) is 6.31. The summed E-state index contributed by atoms with van der Waals surface area (Å²) in [6, 6.07) is 22.5. The molecule has 0 radical (unpaired) electrons. The Labute approximate surface area is 161 Å². The average Bonchev–Trinajstić information content (AvgIpc) is 2.65. The molecule has 4 rings (SSSR count). The maximum absolute atomic E-state index is 4.85. The lowest BCUT2D eigenvalue weighted by atomic mass is 10.1. The van der Waals surface area contributed by atoms with Crippen molar-refractivity contribution in [2.75, 3.05) is 5.32 Å². The molecular formula is C22H18BrN3. The highest BCUT2D eigenvalue weighted by atomic mass is 79.9. The molecule has 0 aliphatic heterocycles. The fourth-order valence-electron chi connectivity index (χ4n) is 3.10. The number of rotatable bonds is 3. The van der Waals surface area contributed by atoms with Gasteiger partial charge in [-0.1, -0.05) is 64.5 Å². The zero-order chi connectivity index (χ0) is 18.1. The third-order valence-electron chi connectivity index (χ3n) is 4.42. The Balaban J connectivity index is 1.91. The molecule has 0 unspecified atom stereocenters. The van der Waals surface area contributed by atoms with Gasteiger partial charge in [0.2, 0.25) is 5.95 Å². The van der Waals surface area contributed by atoms with E-state index in [0.29, 0.717) is 5.95 Å². The molecule has 4 aromatic rings. The molecule has 26 heavy (non-hydrogen) atoms. The lowest BCUT2D eigenvalue weighted by Gasteiger charge is -2.14. The Morgan fingerprint density at radius 3 is 2.27 bits per heavy atom. The van der Waals surface area contributed by atoms with Gasteiger partial charge in [0, 0.05) is 21.1 Å². The predicted octanol–water partition coefficient (Wildman–Crippen LogP) is 6.42. The number of anilines is 2. The van der Waals surface area contributed by atoms with E-state index in [2.05, 4.69) is 71.5 Å². The second-order valence-corrected chi connectivity index (χ2v) is 7.23. The molecule has 0 fully saturated rings. The minimum Gasteiger partial charge on any atom is -0.324 e. The molecule has 128 valence electrons. The van der Waals surface area contributed by atoms with Crippen molar-refractivity contribution in [1.29, 1.82) is 0 Å². The van der Waals surface area contributed by atoms with E-state index in [4.69, 9.17) is 9.97 Å². The first-order chi connectivity index (χ1) is 12.6. The van der Waals surface area contributed by atoms with Gasteiger partial charge in [-0.05, 0) is 43.2 Å². The van der Waals surface area contributed by atoms with Gasteiger partial charge in [-0.15, -0.1) is 0 Å². The lowest BCUT2D eigenvalue weighted by molar-refractivity contribution is 1.20. The number of fused-ring (bicyclic) bond motifs is 1. The number of aromatic nitrogens is 2. The molecule has 0 aliphatic rings. The Kier molecular flexibility index (Phi) is 4.43. The van der Waals surface area contributed by atoms with Crippen molar-refractivity contribution in [3.05, 3.63) is 82.3 Å². The van der Waals surface area contributed by atoms with Gasteiger partial charge in [-0.25, -0.2) is 9.97 Å². The SMILES string of the molecule is Cc1cccc(C)c1Nc1nc(-c2ccccc2)c2cc(Br)ccc2n1. The molecule has 4 heteroatoms. The summed E-state index contributed by atoms with van der Waals surface area (Å²) < 4.78 is 1.02. The fourth-order valence-corrected chi connectivity index (χ4v) is 3.46. The van der Waals surface area contributed by atoms with E-state index >= 15 is 0 Å². The van der Waals surface area contributed by atoms with Crippen LogP contribution in [-0.2, 0) is 0 Å². The van der Waals surface area contributed by atoms with Crippen LogP contribution < -0.4 is 5.32 Å². The highest BCUT2D eigenvalue weighted by Crippen LogP contribution is 2.31. The maximum Gasteiger partial charge on any atom is 0.228 e. The second kappa shape index (κ2) is 6.89. The molecular weight excluding hydrogens is 386 g/mol. The summed E-state index contributed by atoms with van der Waals surface area (Å²) in [5.74, 6) is 0.607. The van der Waals surface area contributed by atoms with Crippen molar-refractivity contribution in [3.8, 4) is 11.3 Å². The van der Waals surface area contributed by atoms with Crippen LogP contribution in [0.4, 0.5) is 11.6 Å². The number of nitrogens with one attached hydrogen (secondary N) is 1. The number of nitrogens with zero attached hydrogens (tertiary/aromatic N) is 2. The summed E-state index contributed by atoms with van der Waals surface area (Å²) in [7, 11) is 0. The molecule has 0 atom stereocenters. The zero-order valence-electron chi connectivity index (χ0n) is 14.6. The van der Waals surface area contributed by atoms with Gasteiger partial charge in [0.25, 0.3) is 0 Å². The van der Waals surface area contributed by atoms with Crippen LogP contribution in [-0.4, -0.2) is 9.97 Å². The number of benzene rings is 3. The van der Waals surface area contributed by atoms with Crippen molar-refractivity contribution in [2.45, 2.75) is 13.8 Å². The third-order valence-corrected chi connectivity index (χ3v) is 4.92. The van der Waals surface area contributed by atoms with Gasteiger partial charge in [-0.3, -0.25) is 0 Å². The van der Waals surface area contributed by atoms with Gasteiger partial charge in [0.1, 0.15) is 0 Å². The number of halogens is 1. The Hall–Kier alpha value is -2.72. The van der Waals surface area contributed by atoms with Gasteiger partial charge in [0.05, 0.1) is 11.2 Å². The normalized spacial score (nSPS) is 10.9. The summed E-state index contributed by atoms with van der Waals surface area (Å²) in [5, 5.41) is 4.45. The molecule has 3 nitrogen and oxygen atoms in total. The maximum atomic E-state index is 4.85. The minimum atomic E-state index is 0.607. The van der Waals surface area contributed by atoms with Crippen LogP contribution in [0.2, 0.25) is 0 Å². The quantitative estimate of drug-likeness (QED) is 0.428. The van der Waals surface area contributed by atoms with E-state index in [1.54, 1.807) is 0 Å². The topological polar surface area (TPSA) is 37.8 Å². The minimum absolute atomic E-state index is 0.607. The Morgan fingerprint density at radius 1 is 0.808 bits per heavy atom. The average molecular weight is 404 g/mol. The molecule has 0 bridgehead atoms. The largest absolute Gasteiger partial charge is 0.324 e. The molecule has 1 N–H and O–H groups in total. The molecule has 0 aliphatic carbocycles. The lowest BCUT2D eigenvalue weighted by Crippen LogP contribution is -2.02. The smallest absolute Gasteiger partial charge is 0.228 e. The molecule has 0 spiro atoms. The zero-order valence-corrected chi connectivity index (χ0v) is 16.2. The number of hydrogen-bond donors (Lipinski definition) is 1. The summed E-state index contributed by atoms with van der Waals surface area (Å²) in [6.07, 6.45) is 0. The first kappa shape index (κ1) is 16.7. The van der Waals surface area contributed by atoms with Crippen LogP contribution in [0, 0.1) is 13.8 Å². The molecule has 0 amide bonds. The van der Waals surface area contributed by atoms with Gasteiger partial charge in [0.15, 0.2) is 0 Å². The van der Waals surface area contributed by atoms with Crippen molar-refractivity contribution in [3.63, 3.8) is 0 Å². The molecule has 0 saturated heterocycles. The molecule has 1 heterocycles. The number of aryl methyl sites for hydroxylation is 2. The second-order valence-electron chi connectivity index (χ2n) is 6.32. The van der Waals surface area contributed by atoms with E-state index < -0.39 is 0 Å². The van der Waals surface area contributed by atoms with Crippen LogP contribution >= 0.6 is 15.9 Å². The van der Waals surface area contributed by atoms with Crippen LogP contribution in [0.1, 0.15) is 11.1 Å². The standard InChI is InChI=1S/C22H18BrN3/c1-14-7-6-8-15(2)20(14)25-22-24-19-12-11-17(23)13-18(19)21(26-22)16-9-4-3-5-10-16/h3-13H,1-2H3,(H,24,25,26). The Bertz CT molecular complexity index is 1070. The molecule has 3 aromatic carbocycles. The van der Waals surface area contributed by atoms with Gasteiger partial charge < -0.3 is 5.32 Å². The molecule has 1 aromatic heterocycles. The van der Waals surface area contributed by atoms with Crippen molar-refractivity contribution in [2.24, 2.45) is 0 Å². The Morgan fingerprint density at radius 2 is 1.54 bits per heavy atom.